The van der Waals surface area contributed by atoms with Gasteiger partial charge in [0.2, 0.25) is 0 Å². The fourth-order valence-electron chi connectivity index (χ4n) is 22.3. The molecule has 0 aliphatic heterocycles. The molecule has 0 heterocycles. The molecule has 0 aromatic rings. The molecular formula is C51H80. The van der Waals surface area contributed by atoms with Crippen LogP contribution in [0.3, 0.4) is 0 Å². The molecule has 0 nitrogen and oxygen atoms in total. The topological polar surface area (TPSA) is 0 Å². The van der Waals surface area contributed by atoms with E-state index < -0.39 is 0 Å². The van der Waals surface area contributed by atoms with Gasteiger partial charge < -0.3 is 0 Å². The van der Waals surface area contributed by atoms with Gasteiger partial charge in [-0.25, -0.2) is 0 Å². The molecule has 0 spiro atoms. The first-order chi connectivity index (χ1) is 25.1. The van der Waals surface area contributed by atoms with E-state index in [1.165, 1.54) is 11.8 Å². The summed E-state index contributed by atoms with van der Waals surface area (Å²) in [6, 6.07) is 0. The minimum atomic E-state index is 0.604. The monoisotopic (exact) mass is 693 g/mol. The highest BCUT2D eigenvalue weighted by molar-refractivity contribution is 5.14. The van der Waals surface area contributed by atoms with Crippen molar-refractivity contribution in [2.45, 2.75) is 181 Å². The Hall–Kier alpha value is 0. The molecule has 0 radical (unpaired) electrons. The standard InChI is InChI=1S/C51H80/c1-51(2)45-26-22-29(31-24-25-43-33-12-4-3-11-32(33)39-18-9-17-37(31)48(39)43)27-44(45)36-23-21-30(28-46(36)51)47-38-15-7-5-13-34(38)40-19-10-20-41-35-14-6-8-16-42(35)50(47)49(40)41/h29-50H,3-28H2,1-2H3. The molecular weight excluding hydrogens is 613 g/mol. The molecule has 12 aliphatic rings. The van der Waals surface area contributed by atoms with Gasteiger partial charge in [-0.2, -0.15) is 0 Å². The number of rotatable bonds is 2. The summed E-state index contributed by atoms with van der Waals surface area (Å²) in [5.74, 6) is 25.0. The SMILES string of the molecule is CC1(C)C2CCC(C3CCC4C5CCCCC5C5CCCC3C54)CC2C2CCC(C3C4CCCCC4C4CCCC5C6CCCCC6C3C45)CC21. The van der Waals surface area contributed by atoms with Gasteiger partial charge in [-0.1, -0.05) is 65.2 Å². The van der Waals surface area contributed by atoms with Gasteiger partial charge in [-0.05, 0) is 251 Å². The van der Waals surface area contributed by atoms with E-state index in [4.69, 9.17) is 0 Å². The molecule has 51 heavy (non-hydrogen) atoms. The van der Waals surface area contributed by atoms with Gasteiger partial charge in [0.25, 0.3) is 0 Å². The Labute approximate surface area is 315 Å². The van der Waals surface area contributed by atoms with Crippen LogP contribution in [0, 0.1) is 136 Å². The van der Waals surface area contributed by atoms with E-state index in [1.54, 1.807) is 167 Å². The van der Waals surface area contributed by atoms with Crippen molar-refractivity contribution >= 4 is 0 Å². The summed E-state index contributed by atoms with van der Waals surface area (Å²) in [4.78, 5) is 0. The zero-order chi connectivity index (χ0) is 33.6. The Bertz CT molecular complexity index is 1280. The smallest absolute Gasteiger partial charge is 0.0292 e. The summed E-state index contributed by atoms with van der Waals surface area (Å²) < 4.78 is 0. The summed E-state index contributed by atoms with van der Waals surface area (Å²) in [5, 5.41) is 0. The Morgan fingerprint density at radius 2 is 0.686 bits per heavy atom. The molecule has 22 atom stereocenters. The summed E-state index contributed by atoms with van der Waals surface area (Å²) >= 11 is 0. The van der Waals surface area contributed by atoms with E-state index in [-0.39, 0.29) is 0 Å². The molecule has 12 rings (SSSR count). The van der Waals surface area contributed by atoms with Crippen LogP contribution in [0.4, 0.5) is 0 Å². The van der Waals surface area contributed by atoms with Crippen LogP contribution in [-0.2, 0) is 0 Å². The Morgan fingerprint density at radius 1 is 0.255 bits per heavy atom. The van der Waals surface area contributed by atoms with Crippen LogP contribution in [0.2, 0.25) is 0 Å². The first kappa shape index (κ1) is 33.2. The Morgan fingerprint density at radius 3 is 1.33 bits per heavy atom. The normalized spacial score (nSPS) is 60.8. The second-order valence-corrected chi connectivity index (χ2v) is 24.1. The summed E-state index contributed by atoms with van der Waals surface area (Å²) in [6.45, 7) is 5.72. The van der Waals surface area contributed by atoms with Gasteiger partial charge in [-0.15, -0.1) is 0 Å². The van der Waals surface area contributed by atoms with Crippen LogP contribution >= 0.6 is 0 Å². The van der Waals surface area contributed by atoms with Crippen LogP contribution in [0.25, 0.3) is 0 Å². The Balaban J connectivity index is 0.805. The predicted molar refractivity (Wildman–Crippen MR) is 211 cm³/mol. The largest absolute Gasteiger partial charge is 0.0594 e. The fraction of sp³-hybridized carbons (Fsp3) is 1.00. The predicted octanol–water partition coefficient (Wildman–Crippen LogP) is 13.9. The van der Waals surface area contributed by atoms with Gasteiger partial charge in [0.1, 0.15) is 0 Å². The molecule has 0 heteroatoms. The lowest BCUT2D eigenvalue weighted by molar-refractivity contribution is -0.104. The average Bonchev–Trinajstić information content (AvgIpc) is 3.77. The molecule has 0 amide bonds. The van der Waals surface area contributed by atoms with E-state index in [1.807, 2.05) is 0 Å². The van der Waals surface area contributed by atoms with E-state index in [9.17, 15) is 0 Å². The molecule has 12 aliphatic carbocycles. The molecule has 284 valence electrons. The quantitative estimate of drug-likeness (QED) is 0.270. The van der Waals surface area contributed by atoms with Crippen molar-refractivity contribution < 1.29 is 0 Å². The zero-order valence-corrected chi connectivity index (χ0v) is 33.6. The molecule has 0 N–H and O–H groups in total. The van der Waals surface area contributed by atoms with Gasteiger partial charge in [0, 0.05) is 0 Å². The first-order valence-corrected chi connectivity index (χ1v) is 25.1. The highest BCUT2D eigenvalue weighted by Gasteiger charge is 2.66. The molecule has 0 aromatic carbocycles. The lowest BCUT2D eigenvalue weighted by Gasteiger charge is -2.59. The van der Waals surface area contributed by atoms with E-state index in [0.717, 1.165) is 118 Å². The van der Waals surface area contributed by atoms with Crippen LogP contribution in [0.15, 0.2) is 0 Å². The van der Waals surface area contributed by atoms with E-state index in [0.29, 0.717) is 5.41 Å². The molecule has 0 saturated heterocycles. The summed E-state index contributed by atoms with van der Waals surface area (Å²) in [7, 11) is 0. The molecule has 12 saturated carbocycles. The maximum Gasteiger partial charge on any atom is -0.0292 e. The van der Waals surface area contributed by atoms with Crippen molar-refractivity contribution in [2.24, 2.45) is 136 Å². The van der Waals surface area contributed by atoms with E-state index in [2.05, 4.69) is 13.8 Å². The number of hydrogen-bond acceptors (Lipinski definition) is 0. The van der Waals surface area contributed by atoms with Crippen molar-refractivity contribution in [3.05, 3.63) is 0 Å². The second-order valence-electron chi connectivity index (χ2n) is 24.1. The average molecular weight is 693 g/mol. The first-order valence-electron chi connectivity index (χ1n) is 25.1. The fourth-order valence-corrected chi connectivity index (χ4v) is 22.3. The maximum absolute atomic E-state index is 2.86. The molecule has 12 fully saturated rings. The van der Waals surface area contributed by atoms with Crippen molar-refractivity contribution in [3.63, 3.8) is 0 Å². The van der Waals surface area contributed by atoms with Crippen LogP contribution in [-0.4, -0.2) is 0 Å². The lowest BCUT2D eigenvalue weighted by atomic mass is 9.46. The van der Waals surface area contributed by atoms with Crippen LogP contribution in [0.5, 0.6) is 0 Å². The van der Waals surface area contributed by atoms with Crippen LogP contribution < -0.4 is 0 Å². The summed E-state index contributed by atoms with van der Waals surface area (Å²) in [5.41, 5.74) is 0.604. The van der Waals surface area contributed by atoms with Gasteiger partial charge in [0.15, 0.2) is 0 Å². The third-order valence-corrected chi connectivity index (χ3v) is 23.2. The summed E-state index contributed by atoms with van der Waals surface area (Å²) in [6.07, 6.45) is 42.3. The van der Waals surface area contributed by atoms with Crippen molar-refractivity contribution in [1.29, 1.82) is 0 Å². The molecule has 0 bridgehead atoms. The number of fused-ring (bicyclic) bond motifs is 11. The highest BCUT2D eigenvalue weighted by atomic mass is 14.7. The Kier molecular flexibility index (Phi) is 8.13. The van der Waals surface area contributed by atoms with Gasteiger partial charge in [-0.3, -0.25) is 0 Å². The molecule has 22 unspecified atom stereocenters. The second kappa shape index (κ2) is 12.5. The lowest BCUT2D eigenvalue weighted by Crippen LogP contribution is -2.52. The van der Waals surface area contributed by atoms with Crippen LogP contribution in [0.1, 0.15) is 181 Å². The van der Waals surface area contributed by atoms with Crippen molar-refractivity contribution in [1.82, 2.24) is 0 Å². The van der Waals surface area contributed by atoms with Gasteiger partial charge >= 0.3 is 0 Å². The third-order valence-electron chi connectivity index (χ3n) is 23.2. The maximum atomic E-state index is 2.86. The minimum Gasteiger partial charge on any atom is -0.0594 e. The van der Waals surface area contributed by atoms with Crippen molar-refractivity contribution in [3.8, 4) is 0 Å². The number of hydrogen-bond donors (Lipinski definition) is 0. The zero-order valence-electron chi connectivity index (χ0n) is 33.6. The third kappa shape index (κ3) is 4.73. The van der Waals surface area contributed by atoms with Crippen molar-refractivity contribution in [2.75, 3.05) is 0 Å². The van der Waals surface area contributed by atoms with E-state index >= 15 is 0 Å². The van der Waals surface area contributed by atoms with Gasteiger partial charge in [0.05, 0.1) is 0 Å². The highest BCUT2D eigenvalue weighted by Crippen LogP contribution is 2.73. The minimum absolute atomic E-state index is 0.604. The molecule has 0 aromatic heterocycles.